The van der Waals surface area contributed by atoms with Crippen LogP contribution in [-0.4, -0.2) is 9.38 Å². The van der Waals surface area contributed by atoms with E-state index in [1.165, 1.54) is 0 Å². The van der Waals surface area contributed by atoms with Crippen molar-refractivity contribution in [2.45, 2.75) is 0 Å². The van der Waals surface area contributed by atoms with Gasteiger partial charge in [-0.1, -0.05) is 30.3 Å². The molecule has 4 nitrogen and oxygen atoms in total. The van der Waals surface area contributed by atoms with Crippen LogP contribution in [0, 0.1) is 11.3 Å². The number of hydrogen-bond donors (Lipinski definition) is 0. The average Bonchev–Trinajstić information content (AvgIpc) is 3.18. The van der Waals surface area contributed by atoms with E-state index in [0.29, 0.717) is 11.3 Å². The Balaban J connectivity index is 1.92. The van der Waals surface area contributed by atoms with E-state index in [2.05, 4.69) is 6.07 Å². The first-order valence-electron chi connectivity index (χ1n) is 6.88. The van der Waals surface area contributed by atoms with Gasteiger partial charge in [0.1, 0.15) is 17.8 Å². The lowest BCUT2D eigenvalue weighted by atomic mass is 10.1. The molecule has 2 aromatic carbocycles. The third-order valence-electron chi connectivity index (χ3n) is 3.58. The fourth-order valence-electron chi connectivity index (χ4n) is 2.51. The van der Waals surface area contributed by atoms with Crippen LogP contribution < -0.4 is 0 Å². The minimum absolute atomic E-state index is 0.632. The Bertz CT molecular complexity index is 973. The van der Waals surface area contributed by atoms with Gasteiger partial charge in [0.2, 0.25) is 5.71 Å². The molecule has 0 spiro atoms. The van der Waals surface area contributed by atoms with Crippen LogP contribution in [0.3, 0.4) is 0 Å². The van der Waals surface area contributed by atoms with Crippen molar-refractivity contribution in [1.29, 1.82) is 5.26 Å². The van der Waals surface area contributed by atoms with Crippen LogP contribution in [-0.2, 0) is 0 Å². The van der Waals surface area contributed by atoms with Gasteiger partial charge < -0.3 is 4.42 Å². The molecule has 2 heterocycles. The summed E-state index contributed by atoms with van der Waals surface area (Å²) in [4.78, 5) is 4.73. The van der Waals surface area contributed by atoms with Crippen LogP contribution in [0.15, 0.2) is 71.5 Å². The van der Waals surface area contributed by atoms with Crippen molar-refractivity contribution in [2.24, 2.45) is 0 Å². The van der Waals surface area contributed by atoms with E-state index in [4.69, 9.17) is 14.7 Å². The molecule has 4 rings (SSSR count). The summed E-state index contributed by atoms with van der Waals surface area (Å²) in [6.07, 6.45) is 3.50. The smallest absolute Gasteiger partial charge is 0.231 e. The highest BCUT2D eigenvalue weighted by atomic mass is 16.3. The Morgan fingerprint density at radius 3 is 2.45 bits per heavy atom. The van der Waals surface area contributed by atoms with Gasteiger partial charge in [0.05, 0.1) is 11.6 Å². The van der Waals surface area contributed by atoms with Crippen LogP contribution in [0.5, 0.6) is 0 Å². The molecule has 22 heavy (non-hydrogen) atoms. The van der Waals surface area contributed by atoms with E-state index >= 15 is 0 Å². The van der Waals surface area contributed by atoms with Gasteiger partial charge in [0.25, 0.3) is 0 Å². The highest BCUT2D eigenvalue weighted by Crippen LogP contribution is 2.30. The molecule has 4 aromatic rings. The van der Waals surface area contributed by atoms with Gasteiger partial charge in [0, 0.05) is 17.3 Å². The Hall–Kier alpha value is -3.32. The summed E-state index contributed by atoms with van der Waals surface area (Å²) >= 11 is 0. The molecule has 0 bridgehead atoms. The number of oxazole rings is 1. The molecule has 4 heteroatoms. The fourth-order valence-corrected chi connectivity index (χ4v) is 2.51. The van der Waals surface area contributed by atoms with E-state index < -0.39 is 0 Å². The number of aromatic nitrogens is 2. The maximum atomic E-state index is 8.90. The molecular weight excluding hydrogens is 274 g/mol. The number of imidazole rings is 1. The number of nitrogens with zero attached hydrogens (tertiary/aromatic N) is 3. The molecule has 104 valence electrons. The van der Waals surface area contributed by atoms with Crippen molar-refractivity contribution >= 4 is 5.71 Å². The second-order valence-corrected chi connectivity index (χ2v) is 4.92. The Kier molecular flexibility index (Phi) is 2.77. The molecule has 0 atom stereocenters. The van der Waals surface area contributed by atoms with Crippen molar-refractivity contribution in [1.82, 2.24) is 9.38 Å². The lowest BCUT2D eigenvalue weighted by molar-refractivity contribution is 0.609. The largest absolute Gasteiger partial charge is 0.444 e. The molecule has 0 aliphatic rings. The number of nitriles is 1. The summed E-state index contributed by atoms with van der Waals surface area (Å²) in [6, 6.07) is 19.4. The summed E-state index contributed by atoms with van der Waals surface area (Å²) in [7, 11) is 0. The predicted octanol–water partition coefficient (Wildman–Crippen LogP) is 4.13. The highest BCUT2D eigenvalue weighted by Gasteiger charge is 2.16. The van der Waals surface area contributed by atoms with Crippen LogP contribution in [0.1, 0.15) is 5.56 Å². The standard InChI is InChI=1S/C18H11N3O/c19-12-13-6-8-15(9-7-13)17-20-16(14-4-2-1-3-5-14)18-21(17)10-11-22-18/h1-11H. The molecule has 0 aliphatic carbocycles. The zero-order valence-electron chi connectivity index (χ0n) is 11.6. The molecule has 0 radical (unpaired) electrons. The van der Waals surface area contributed by atoms with Gasteiger partial charge in [0.15, 0.2) is 0 Å². The summed E-state index contributed by atoms with van der Waals surface area (Å²) in [6.45, 7) is 0. The third kappa shape index (κ3) is 1.88. The zero-order chi connectivity index (χ0) is 14.9. The van der Waals surface area contributed by atoms with Crippen molar-refractivity contribution in [3.05, 3.63) is 72.6 Å². The molecule has 0 saturated heterocycles. The van der Waals surface area contributed by atoms with Crippen LogP contribution >= 0.6 is 0 Å². The maximum absolute atomic E-state index is 8.90. The van der Waals surface area contributed by atoms with Crippen molar-refractivity contribution in [3.63, 3.8) is 0 Å². The minimum Gasteiger partial charge on any atom is -0.444 e. The lowest BCUT2D eigenvalue weighted by Crippen LogP contribution is -1.86. The molecule has 0 fully saturated rings. The number of rotatable bonds is 2. The van der Waals surface area contributed by atoms with E-state index in [9.17, 15) is 0 Å². The Morgan fingerprint density at radius 1 is 0.955 bits per heavy atom. The summed E-state index contributed by atoms with van der Waals surface area (Å²) < 4.78 is 7.52. The molecule has 2 aromatic heterocycles. The number of benzene rings is 2. The maximum Gasteiger partial charge on any atom is 0.231 e. The first-order valence-corrected chi connectivity index (χ1v) is 6.88. The van der Waals surface area contributed by atoms with Crippen molar-refractivity contribution in [3.8, 4) is 28.7 Å². The minimum atomic E-state index is 0.632. The fraction of sp³-hybridized carbons (Fsp3) is 0. The van der Waals surface area contributed by atoms with Crippen molar-refractivity contribution in [2.75, 3.05) is 0 Å². The van der Waals surface area contributed by atoms with Crippen LogP contribution in [0.25, 0.3) is 28.4 Å². The SMILES string of the molecule is N#Cc1ccc(-c2nc(-c3ccccc3)c3occn23)cc1. The molecule has 0 amide bonds. The molecular formula is C18H11N3O. The average molecular weight is 285 g/mol. The highest BCUT2D eigenvalue weighted by molar-refractivity contribution is 5.77. The second kappa shape index (κ2) is 4.90. The molecule has 0 N–H and O–H groups in total. The van der Waals surface area contributed by atoms with Gasteiger partial charge >= 0.3 is 0 Å². The topological polar surface area (TPSA) is 54.2 Å². The summed E-state index contributed by atoms with van der Waals surface area (Å²) in [5, 5.41) is 8.90. The Labute approximate surface area is 126 Å². The molecule has 0 aliphatic heterocycles. The molecule has 0 saturated carbocycles. The summed E-state index contributed by atoms with van der Waals surface area (Å²) in [5.41, 5.74) is 4.11. The normalized spacial score (nSPS) is 10.7. The number of hydrogen-bond acceptors (Lipinski definition) is 3. The van der Waals surface area contributed by atoms with Gasteiger partial charge in [-0.05, 0) is 24.3 Å². The third-order valence-corrected chi connectivity index (χ3v) is 3.58. The van der Waals surface area contributed by atoms with E-state index in [0.717, 1.165) is 22.6 Å². The van der Waals surface area contributed by atoms with Gasteiger partial charge in [-0.25, -0.2) is 4.98 Å². The van der Waals surface area contributed by atoms with Gasteiger partial charge in [-0.3, -0.25) is 4.40 Å². The number of fused-ring (bicyclic) bond motifs is 1. The molecule has 0 unspecified atom stereocenters. The van der Waals surface area contributed by atoms with E-state index in [1.54, 1.807) is 18.4 Å². The van der Waals surface area contributed by atoms with Crippen LogP contribution in [0.2, 0.25) is 0 Å². The predicted molar refractivity (Wildman–Crippen MR) is 83.0 cm³/mol. The van der Waals surface area contributed by atoms with Gasteiger partial charge in [-0.15, -0.1) is 0 Å². The lowest BCUT2D eigenvalue weighted by Gasteiger charge is -1.98. The van der Waals surface area contributed by atoms with Crippen LogP contribution in [0.4, 0.5) is 0 Å². The van der Waals surface area contributed by atoms with Crippen molar-refractivity contribution < 1.29 is 4.42 Å². The van der Waals surface area contributed by atoms with Gasteiger partial charge in [-0.2, -0.15) is 5.26 Å². The first kappa shape index (κ1) is 12.4. The second-order valence-electron chi connectivity index (χ2n) is 4.92. The zero-order valence-corrected chi connectivity index (χ0v) is 11.6. The Morgan fingerprint density at radius 2 is 1.73 bits per heavy atom. The van der Waals surface area contributed by atoms with E-state index in [-0.39, 0.29) is 0 Å². The monoisotopic (exact) mass is 285 g/mol. The first-order chi connectivity index (χ1) is 10.9. The van der Waals surface area contributed by atoms with E-state index in [1.807, 2.05) is 53.1 Å². The quantitative estimate of drug-likeness (QED) is 0.556. The summed E-state index contributed by atoms with van der Waals surface area (Å²) in [5.74, 6) is 0.798.